The zero-order valence-electron chi connectivity index (χ0n) is 8.70. The number of nitrogens with zero attached hydrogens (tertiary/aromatic N) is 1. The summed E-state index contributed by atoms with van der Waals surface area (Å²) in [5, 5.41) is 3.46. The van der Waals surface area contributed by atoms with Gasteiger partial charge in [0.15, 0.2) is 9.84 Å². The molecule has 7 heteroatoms. The molecule has 1 heterocycles. The van der Waals surface area contributed by atoms with Crippen LogP contribution in [0.25, 0.3) is 0 Å². The first-order valence-corrected chi connectivity index (χ1v) is 7.69. The van der Waals surface area contributed by atoms with Gasteiger partial charge in [0.05, 0.1) is 15.2 Å². The fourth-order valence-electron chi connectivity index (χ4n) is 1.01. The average molecular weight is 328 g/mol. The summed E-state index contributed by atoms with van der Waals surface area (Å²) in [4.78, 5) is 4.04. The Morgan fingerprint density at radius 2 is 2.25 bits per heavy atom. The minimum absolute atomic E-state index is 0.0975. The molecule has 0 aliphatic carbocycles. The SMILES string of the molecule is CCS(=O)(=O)CCNc1ncc(Cl)cc1Br. The molecule has 0 aliphatic rings. The molecule has 0 aromatic carbocycles. The first-order valence-electron chi connectivity index (χ1n) is 4.70. The Hall–Kier alpha value is -0.330. The van der Waals surface area contributed by atoms with Crippen LogP contribution >= 0.6 is 27.5 Å². The molecule has 0 saturated carbocycles. The van der Waals surface area contributed by atoms with Crippen molar-refractivity contribution in [1.82, 2.24) is 4.98 Å². The highest BCUT2D eigenvalue weighted by molar-refractivity contribution is 9.10. The van der Waals surface area contributed by atoms with Gasteiger partial charge in [-0.1, -0.05) is 18.5 Å². The molecule has 0 saturated heterocycles. The molecule has 0 aliphatic heterocycles. The van der Waals surface area contributed by atoms with E-state index in [1.54, 1.807) is 13.0 Å². The molecule has 1 rings (SSSR count). The first-order chi connectivity index (χ1) is 7.44. The summed E-state index contributed by atoms with van der Waals surface area (Å²) < 4.78 is 23.2. The van der Waals surface area contributed by atoms with Crippen LogP contribution < -0.4 is 5.32 Å². The molecule has 0 spiro atoms. The fourth-order valence-corrected chi connectivity index (χ4v) is 2.49. The third-order valence-electron chi connectivity index (χ3n) is 1.95. The van der Waals surface area contributed by atoms with Crippen LogP contribution in [0.3, 0.4) is 0 Å². The summed E-state index contributed by atoms with van der Waals surface area (Å²) in [7, 11) is -2.94. The van der Waals surface area contributed by atoms with E-state index in [1.165, 1.54) is 6.20 Å². The van der Waals surface area contributed by atoms with Crippen LogP contribution in [0.4, 0.5) is 5.82 Å². The van der Waals surface area contributed by atoms with Crippen LogP contribution in [0, 0.1) is 0 Å². The zero-order chi connectivity index (χ0) is 12.2. The van der Waals surface area contributed by atoms with Crippen molar-refractivity contribution in [2.75, 3.05) is 23.4 Å². The summed E-state index contributed by atoms with van der Waals surface area (Å²) in [6.45, 7) is 1.97. The van der Waals surface area contributed by atoms with E-state index in [0.717, 1.165) is 0 Å². The number of aromatic nitrogens is 1. The van der Waals surface area contributed by atoms with Crippen molar-refractivity contribution in [3.63, 3.8) is 0 Å². The van der Waals surface area contributed by atoms with Crippen molar-refractivity contribution in [2.24, 2.45) is 0 Å². The second-order valence-corrected chi connectivity index (χ2v) is 6.91. The molecule has 0 unspecified atom stereocenters. The minimum Gasteiger partial charge on any atom is -0.368 e. The van der Waals surface area contributed by atoms with Crippen molar-refractivity contribution in [3.05, 3.63) is 21.8 Å². The maximum absolute atomic E-state index is 11.2. The minimum atomic E-state index is -2.94. The Kier molecular flexibility index (Phi) is 5.01. The van der Waals surface area contributed by atoms with Crippen LogP contribution in [0.5, 0.6) is 0 Å². The number of pyridine rings is 1. The van der Waals surface area contributed by atoms with Crippen molar-refractivity contribution >= 4 is 43.2 Å². The number of halogens is 2. The Morgan fingerprint density at radius 1 is 1.56 bits per heavy atom. The van der Waals surface area contributed by atoms with Crippen molar-refractivity contribution in [1.29, 1.82) is 0 Å². The fraction of sp³-hybridized carbons (Fsp3) is 0.444. The summed E-state index contributed by atoms with van der Waals surface area (Å²) in [6.07, 6.45) is 1.50. The van der Waals surface area contributed by atoms with E-state index in [1.807, 2.05) is 0 Å². The van der Waals surface area contributed by atoms with Gasteiger partial charge in [0.1, 0.15) is 5.82 Å². The van der Waals surface area contributed by atoms with E-state index < -0.39 is 9.84 Å². The molecule has 16 heavy (non-hydrogen) atoms. The summed E-state index contributed by atoms with van der Waals surface area (Å²) in [5.74, 6) is 0.847. The van der Waals surface area contributed by atoms with Crippen LogP contribution in [-0.4, -0.2) is 31.5 Å². The van der Waals surface area contributed by atoms with E-state index in [2.05, 4.69) is 26.2 Å². The number of rotatable bonds is 5. The molecule has 1 aromatic heterocycles. The summed E-state index contributed by atoms with van der Waals surface area (Å²) >= 11 is 9.02. The lowest BCUT2D eigenvalue weighted by atomic mass is 10.4. The van der Waals surface area contributed by atoms with E-state index in [-0.39, 0.29) is 11.5 Å². The third-order valence-corrected chi connectivity index (χ3v) is 4.47. The Morgan fingerprint density at radius 3 is 2.81 bits per heavy atom. The quantitative estimate of drug-likeness (QED) is 0.902. The largest absolute Gasteiger partial charge is 0.368 e. The third kappa shape index (κ3) is 4.27. The number of nitrogens with one attached hydrogen (secondary N) is 1. The van der Waals surface area contributed by atoms with E-state index >= 15 is 0 Å². The molecule has 90 valence electrons. The normalized spacial score (nSPS) is 11.4. The molecule has 0 bridgehead atoms. The van der Waals surface area contributed by atoms with E-state index in [4.69, 9.17) is 11.6 Å². The standard InChI is InChI=1S/C9H12BrClN2O2S/c1-2-16(14,15)4-3-12-9-8(10)5-7(11)6-13-9/h5-6H,2-4H2,1H3,(H,12,13). The molecule has 0 amide bonds. The van der Waals surface area contributed by atoms with Gasteiger partial charge in [-0.15, -0.1) is 0 Å². The summed E-state index contributed by atoms with van der Waals surface area (Å²) in [6, 6.07) is 1.70. The maximum Gasteiger partial charge on any atom is 0.151 e. The lowest BCUT2D eigenvalue weighted by Gasteiger charge is -2.07. The lowest BCUT2D eigenvalue weighted by Crippen LogP contribution is -2.17. The Labute approximate surface area is 108 Å². The van der Waals surface area contributed by atoms with Gasteiger partial charge in [-0.2, -0.15) is 0 Å². The van der Waals surface area contributed by atoms with E-state index in [9.17, 15) is 8.42 Å². The predicted molar refractivity (Wildman–Crippen MR) is 69.8 cm³/mol. The molecular formula is C9H12BrClN2O2S. The van der Waals surface area contributed by atoms with Gasteiger partial charge < -0.3 is 5.32 Å². The number of hydrogen-bond donors (Lipinski definition) is 1. The molecule has 1 N–H and O–H groups in total. The van der Waals surface area contributed by atoms with Crippen molar-refractivity contribution < 1.29 is 8.42 Å². The predicted octanol–water partition coefficient (Wildman–Crippen LogP) is 2.34. The van der Waals surface area contributed by atoms with Crippen molar-refractivity contribution in [3.8, 4) is 0 Å². The topological polar surface area (TPSA) is 59.1 Å². The smallest absolute Gasteiger partial charge is 0.151 e. The van der Waals surface area contributed by atoms with Gasteiger partial charge in [0.25, 0.3) is 0 Å². The number of anilines is 1. The van der Waals surface area contributed by atoms with Gasteiger partial charge in [-0.3, -0.25) is 0 Å². The molecule has 0 radical (unpaired) electrons. The maximum atomic E-state index is 11.2. The van der Waals surface area contributed by atoms with Gasteiger partial charge >= 0.3 is 0 Å². The molecule has 0 fully saturated rings. The Bertz CT molecular complexity index is 465. The van der Waals surface area contributed by atoms with Gasteiger partial charge in [0, 0.05) is 18.5 Å². The van der Waals surface area contributed by atoms with Crippen LogP contribution in [0.15, 0.2) is 16.7 Å². The van der Waals surface area contributed by atoms with Gasteiger partial charge in [-0.25, -0.2) is 13.4 Å². The molecule has 0 atom stereocenters. The highest BCUT2D eigenvalue weighted by Crippen LogP contribution is 2.22. The van der Waals surface area contributed by atoms with E-state index in [0.29, 0.717) is 21.9 Å². The van der Waals surface area contributed by atoms with Crippen LogP contribution in [0.2, 0.25) is 5.02 Å². The highest BCUT2D eigenvalue weighted by atomic mass is 79.9. The average Bonchev–Trinajstić information content (AvgIpc) is 2.21. The monoisotopic (exact) mass is 326 g/mol. The van der Waals surface area contributed by atoms with Gasteiger partial charge in [-0.05, 0) is 22.0 Å². The number of sulfone groups is 1. The highest BCUT2D eigenvalue weighted by Gasteiger charge is 2.07. The number of hydrogen-bond acceptors (Lipinski definition) is 4. The van der Waals surface area contributed by atoms with Crippen LogP contribution in [-0.2, 0) is 9.84 Å². The van der Waals surface area contributed by atoms with Crippen LogP contribution in [0.1, 0.15) is 6.92 Å². The second kappa shape index (κ2) is 5.84. The Balaban J connectivity index is 2.56. The second-order valence-electron chi connectivity index (χ2n) is 3.15. The molecule has 1 aromatic rings. The first kappa shape index (κ1) is 13.7. The molecular weight excluding hydrogens is 316 g/mol. The van der Waals surface area contributed by atoms with Gasteiger partial charge in [0.2, 0.25) is 0 Å². The lowest BCUT2D eigenvalue weighted by molar-refractivity contribution is 0.597. The van der Waals surface area contributed by atoms with Crippen molar-refractivity contribution in [2.45, 2.75) is 6.92 Å². The summed E-state index contributed by atoms with van der Waals surface area (Å²) in [5.41, 5.74) is 0. The molecule has 4 nitrogen and oxygen atoms in total. The zero-order valence-corrected chi connectivity index (χ0v) is 11.9.